The van der Waals surface area contributed by atoms with E-state index in [1.54, 1.807) is 6.08 Å². The Kier molecular flexibility index (Phi) is 6.20. The van der Waals surface area contributed by atoms with Gasteiger partial charge in [0, 0.05) is 11.1 Å². The van der Waals surface area contributed by atoms with E-state index >= 15 is 0 Å². The molecule has 0 spiro atoms. The fourth-order valence-corrected chi connectivity index (χ4v) is 4.25. The molecular formula is C28H21F3N2O3. The van der Waals surface area contributed by atoms with Gasteiger partial charge in [0.05, 0.1) is 23.0 Å². The summed E-state index contributed by atoms with van der Waals surface area (Å²) in [7, 11) is 0. The van der Waals surface area contributed by atoms with Crippen LogP contribution in [0.3, 0.4) is 0 Å². The molecule has 2 atom stereocenters. The highest BCUT2D eigenvalue weighted by Gasteiger charge is 2.36. The van der Waals surface area contributed by atoms with Gasteiger partial charge in [0.15, 0.2) is 0 Å². The van der Waals surface area contributed by atoms with Gasteiger partial charge in [-0.05, 0) is 41.5 Å². The van der Waals surface area contributed by atoms with Gasteiger partial charge in [-0.1, -0.05) is 60.7 Å². The standard InChI is InChI=1S/C28H21F3N2O3/c29-28(30,31)19-12-10-18(11-13-19)22-14-21(26-23(32-22)15-24(33-26)27(34)35)20-8-4-5-9-25(20)36-16-17-6-2-1-3-7-17/h1-15,24,26,33H,16H2,(H,34,35). The number of dihydropyridines is 1. The van der Waals surface area contributed by atoms with E-state index in [0.717, 1.165) is 28.8 Å². The summed E-state index contributed by atoms with van der Waals surface area (Å²) in [6.45, 7) is 0.337. The highest BCUT2D eigenvalue weighted by molar-refractivity contribution is 6.15. The molecule has 2 aliphatic heterocycles. The highest BCUT2D eigenvalue weighted by Crippen LogP contribution is 2.37. The van der Waals surface area contributed by atoms with E-state index in [0.29, 0.717) is 29.3 Å². The maximum atomic E-state index is 13.1. The van der Waals surface area contributed by atoms with E-state index in [2.05, 4.69) is 10.3 Å². The van der Waals surface area contributed by atoms with E-state index in [1.165, 1.54) is 18.2 Å². The fraction of sp³-hybridized carbons (Fsp3) is 0.143. The van der Waals surface area contributed by atoms with E-state index in [1.807, 2.05) is 54.6 Å². The van der Waals surface area contributed by atoms with Gasteiger partial charge in [-0.15, -0.1) is 0 Å². The quantitative estimate of drug-likeness (QED) is 0.480. The molecule has 8 heteroatoms. The van der Waals surface area contributed by atoms with Crippen LogP contribution in [-0.2, 0) is 17.6 Å². The van der Waals surface area contributed by atoms with E-state index in [4.69, 9.17) is 4.74 Å². The van der Waals surface area contributed by atoms with Crippen molar-refractivity contribution in [2.75, 3.05) is 0 Å². The number of fused-ring (bicyclic) bond motifs is 1. The van der Waals surface area contributed by atoms with Crippen molar-refractivity contribution in [2.45, 2.75) is 24.9 Å². The molecule has 3 aromatic carbocycles. The lowest BCUT2D eigenvalue weighted by Gasteiger charge is -2.25. The summed E-state index contributed by atoms with van der Waals surface area (Å²) in [5, 5.41) is 12.6. The number of alkyl halides is 3. The molecule has 0 radical (unpaired) electrons. The van der Waals surface area contributed by atoms with Crippen LogP contribution in [0.2, 0.25) is 0 Å². The monoisotopic (exact) mass is 490 g/mol. The number of rotatable bonds is 6. The molecule has 5 nitrogen and oxygen atoms in total. The van der Waals surface area contributed by atoms with Crippen LogP contribution in [0.5, 0.6) is 5.75 Å². The van der Waals surface area contributed by atoms with Crippen LogP contribution in [0.4, 0.5) is 13.2 Å². The first-order valence-corrected chi connectivity index (χ1v) is 11.2. The second kappa shape index (κ2) is 9.47. The number of nitrogens with zero attached hydrogens (tertiary/aromatic N) is 1. The number of benzene rings is 3. The number of aliphatic carboxylic acids is 1. The second-order valence-corrected chi connectivity index (χ2v) is 8.45. The Hall–Kier alpha value is -4.17. The van der Waals surface area contributed by atoms with Crippen LogP contribution >= 0.6 is 0 Å². The Morgan fingerprint density at radius 2 is 1.67 bits per heavy atom. The lowest BCUT2D eigenvalue weighted by molar-refractivity contribution is -0.138. The second-order valence-electron chi connectivity index (χ2n) is 8.45. The minimum Gasteiger partial charge on any atom is -0.488 e. The fourth-order valence-electron chi connectivity index (χ4n) is 4.25. The van der Waals surface area contributed by atoms with Crippen molar-refractivity contribution < 1.29 is 27.8 Å². The molecule has 0 amide bonds. The van der Waals surface area contributed by atoms with Crippen molar-refractivity contribution in [1.29, 1.82) is 0 Å². The summed E-state index contributed by atoms with van der Waals surface area (Å²) < 4.78 is 45.3. The third-order valence-corrected chi connectivity index (χ3v) is 6.04. The number of ether oxygens (including phenoxy) is 1. The Bertz CT molecular complexity index is 1380. The number of allylic oxidation sites excluding steroid dienone is 1. The zero-order valence-corrected chi connectivity index (χ0v) is 18.9. The van der Waals surface area contributed by atoms with Crippen LogP contribution in [0.15, 0.2) is 102 Å². The first-order valence-electron chi connectivity index (χ1n) is 11.2. The molecule has 2 N–H and O–H groups in total. The molecule has 182 valence electrons. The lowest BCUT2D eigenvalue weighted by atomic mass is 9.91. The summed E-state index contributed by atoms with van der Waals surface area (Å²) in [4.78, 5) is 16.3. The number of hydrogen-bond donors (Lipinski definition) is 2. The number of halogens is 3. The van der Waals surface area contributed by atoms with E-state index < -0.39 is 29.8 Å². The number of hydrogen-bond acceptors (Lipinski definition) is 4. The van der Waals surface area contributed by atoms with Crippen LogP contribution in [0.1, 0.15) is 22.3 Å². The Morgan fingerprint density at radius 1 is 0.972 bits per heavy atom. The molecule has 3 aromatic rings. The van der Waals surface area contributed by atoms with Gasteiger partial charge in [-0.3, -0.25) is 15.1 Å². The molecule has 2 aliphatic rings. The largest absolute Gasteiger partial charge is 0.488 e. The predicted octanol–water partition coefficient (Wildman–Crippen LogP) is 5.48. The summed E-state index contributed by atoms with van der Waals surface area (Å²) in [6.07, 6.45) is -1.15. The summed E-state index contributed by atoms with van der Waals surface area (Å²) >= 11 is 0. The maximum absolute atomic E-state index is 13.1. The molecule has 0 aliphatic carbocycles. The van der Waals surface area contributed by atoms with Crippen molar-refractivity contribution >= 4 is 17.3 Å². The molecule has 2 unspecified atom stereocenters. The molecular weight excluding hydrogens is 469 g/mol. The zero-order valence-electron chi connectivity index (χ0n) is 18.9. The minimum atomic E-state index is -4.44. The number of carboxylic acid groups (broad SMARTS) is 1. The van der Waals surface area contributed by atoms with Crippen LogP contribution < -0.4 is 10.1 Å². The minimum absolute atomic E-state index is 0.337. The SMILES string of the molecule is O=C(O)C1C=C2N=C(c3ccc(C(F)(F)F)cc3)C=C(c3ccccc3OCc3ccccc3)C2N1. The average molecular weight is 490 g/mol. The molecule has 0 fully saturated rings. The third kappa shape index (κ3) is 4.81. The van der Waals surface area contributed by atoms with Crippen molar-refractivity contribution in [3.05, 3.63) is 119 Å². The number of aliphatic imine (C=N–C) groups is 1. The highest BCUT2D eigenvalue weighted by atomic mass is 19.4. The van der Waals surface area contributed by atoms with Crippen LogP contribution in [-0.4, -0.2) is 28.9 Å². The summed E-state index contributed by atoms with van der Waals surface area (Å²) in [6, 6.07) is 20.4. The summed E-state index contributed by atoms with van der Waals surface area (Å²) in [5.74, 6) is -0.447. The van der Waals surface area contributed by atoms with Crippen LogP contribution in [0.25, 0.3) is 5.57 Å². The first kappa shape index (κ1) is 23.6. The molecule has 36 heavy (non-hydrogen) atoms. The molecule has 5 rings (SSSR count). The first-order chi connectivity index (χ1) is 17.3. The molecule has 0 aromatic heterocycles. The third-order valence-electron chi connectivity index (χ3n) is 6.04. The van der Waals surface area contributed by atoms with Crippen LogP contribution in [0, 0.1) is 0 Å². The Morgan fingerprint density at radius 3 is 2.36 bits per heavy atom. The van der Waals surface area contributed by atoms with E-state index in [9.17, 15) is 23.1 Å². The topological polar surface area (TPSA) is 70.9 Å². The maximum Gasteiger partial charge on any atom is 0.416 e. The molecule has 0 bridgehead atoms. The molecule has 0 saturated heterocycles. The predicted molar refractivity (Wildman–Crippen MR) is 130 cm³/mol. The van der Waals surface area contributed by atoms with Gasteiger partial charge < -0.3 is 9.84 Å². The number of para-hydroxylation sites is 1. The average Bonchev–Trinajstić information content (AvgIpc) is 3.32. The lowest BCUT2D eigenvalue weighted by Crippen LogP contribution is -2.38. The Balaban J connectivity index is 1.54. The normalized spacial score (nSPS) is 19.1. The Labute approximate surface area is 205 Å². The van der Waals surface area contributed by atoms with E-state index in [-0.39, 0.29) is 0 Å². The number of carboxylic acids is 1. The number of carbonyl (C=O) groups is 1. The number of nitrogens with one attached hydrogen (secondary N) is 1. The van der Waals surface area contributed by atoms with Crippen molar-refractivity contribution in [2.24, 2.45) is 4.99 Å². The molecule has 0 saturated carbocycles. The van der Waals surface area contributed by atoms with Gasteiger partial charge in [0.1, 0.15) is 18.4 Å². The van der Waals surface area contributed by atoms with Gasteiger partial charge in [0.25, 0.3) is 0 Å². The smallest absolute Gasteiger partial charge is 0.416 e. The van der Waals surface area contributed by atoms with Crippen molar-refractivity contribution in [3.63, 3.8) is 0 Å². The van der Waals surface area contributed by atoms with Gasteiger partial charge in [-0.25, -0.2) is 0 Å². The van der Waals surface area contributed by atoms with Crippen molar-refractivity contribution in [1.82, 2.24) is 5.32 Å². The summed E-state index contributed by atoms with van der Waals surface area (Å²) in [5.41, 5.74) is 3.11. The van der Waals surface area contributed by atoms with Gasteiger partial charge in [-0.2, -0.15) is 13.2 Å². The van der Waals surface area contributed by atoms with Gasteiger partial charge >= 0.3 is 12.1 Å². The van der Waals surface area contributed by atoms with Crippen molar-refractivity contribution in [3.8, 4) is 5.75 Å². The zero-order chi connectivity index (χ0) is 25.3. The van der Waals surface area contributed by atoms with Gasteiger partial charge in [0.2, 0.25) is 0 Å². The molecule has 2 heterocycles.